The van der Waals surface area contributed by atoms with Crippen LogP contribution in [0, 0.1) is 0 Å². The van der Waals surface area contributed by atoms with Gasteiger partial charge in [0.15, 0.2) is 11.5 Å². The zero-order valence-corrected chi connectivity index (χ0v) is 12.9. The van der Waals surface area contributed by atoms with E-state index >= 15 is 0 Å². The lowest BCUT2D eigenvalue weighted by Gasteiger charge is -2.12. The Hall–Kier alpha value is -1.43. The first-order chi connectivity index (χ1) is 10.3. The normalized spacial score (nSPS) is 18.6. The maximum atomic E-state index is 6.07. The molecule has 4 heterocycles. The minimum Gasteiger partial charge on any atom is -0.376 e. The third kappa shape index (κ3) is 2.46. The van der Waals surface area contributed by atoms with Gasteiger partial charge in [-0.05, 0) is 37.1 Å². The number of nitrogens with zero attached hydrogens (tertiary/aromatic N) is 3. The van der Waals surface area contributed by atoms with Crippen LogP contribution in [0.1, 0.15) is 12.8 Å². The highest BCUT2D eigenvalue weighted by molar-refractivity contribution is 7.19. The predicted molar refractivity (Wildman–Crippen MR) is 84.8 cm³/mol. The lowest BCUT2D eigenvalue weighted by atomic mass is 10.2. The molecular formula is C15H14ClN3OS. The molecule has 3 aromatic rings. The van der Waals surface area contributed by atoms with Crippen LogP contribution in [0.3, 0.4) is 0 Å². The largest absolute Gasteiger partial charge is 0.376 e. The Morgan fingerprint density at radius 1 is 1.38 bits per heavy atom. The Labute approximate surface area is 131 Å². The molecule has 0 amide bonds. The number of pyridine rings is 1. The first-order valence-electron chi connectivity index (χ1n) is 7.00. The molecule has 4 nitrogen and oxygen atoms in total. The molecule has 1 saturated heterocycles. The van der Waals surface area contributed by atoms with Crippen molar-refractivity contribution >= 4 is 34.1 Å². The van der Waals surface area contributed by atoms with Crippen molar-refractivity contribution in [2.45, 2.75) is 25.5 Å². The molecule has 0 saturated carbocycles. The van der Waals surface area contributed by atoms with Crippen molar-refractivity contribution in [1.29, 1.82) is 0 Å². The molecule has 6 heteroatoms. The Kier molecular flexibility index (Phi) is 3.41. The summed E-state index contributed by atoms with van der Waals surface area (Å²) in [7, 11) is 0. The second kappa shape index (κ2) is 5.40. The van der Waals surface area contributed by atoms with Crippen LogP contribution in [-0.4, -0.2) is 27.2 Å². The highest BCUT2D eigenvalue weighted by Gasteiger charge is 2.21. The molecule has 0 N–H and O–H groups in total. The zero-order chi connectivity index (χ0) is 14.2. The first-order valence-corrected chi connectivity index (χ1v) is 8.19. The molecule has 0 aromatic carbocycles. The summed E-state index contributed by atoms with van der Waals surface area (Å²) in [5.41, 5.74) is 1.82. The van der Waals surface area contributed by atoms with Gasteiger partial charge in [0.25, 0.3) is 0 Å². The summed E-state index contributed by atoms with van der Waals surface area (Å²) in [6, 6.07) is 7.83. The van der Waals surface area contributed by atoms with E-state index in [2.05, 4.69) is 9.55 Å². The van der Waals surface area contributed by atoms with Crippen LogP contribution in [0.5, 0.6) is 0 Å². The van der Waals surface area contributed by atoms with Crippen LogP contribution < -0.4 is 0 Å². The number of hydrogen-bond donors (Lipinski definition) is 0. The summed E-state index contributed by atoms with van der Waals surface area (Å²) >= 11 is 7.61. The summed E-state index contributed by atoms with van der Waals surface area (Å²) in [6.45, 7) is 1.64. The summed E-state index contributed by atoms with van der Waals surface area (Å²) in [5, 5.41) is 0. The number of halogens is 1. The molecule has 0 spiro atoms. The van der Waals surface area contributed by atoms with Gasteiger partial charge >= 0.3 is 0 Å². The van der Waals surface area contributed by atoms with Crippen LogP contribution in [0.4, 0.5) is 0 Å². The van der Waals surface area contributed by atoms with Crippen LogP contribution in [0.2, 0.25) is 4.34 Å². The summed E-state index contributed by atoms with van der Waals surface area (Å²) < 4.78 is 8.70. The van der Waals surface area contributed by atoms with E-state index in [1.165, 1.54) is 0 Å². The highest BCUT2D eigenvalue weighted by atomic mass is 35.5. The van der Waals surface area contributed by atoms with E-state index < -0.39 is 0 Å². The minimum absolute atomic E-state index is 0.249. The number of aromatic nitrogens is 3. The van der Waals surface area contributed by atoms with Crippen molar-refractivity contribution in [2.75, 3.05) is 6.61 Å². The maximum Gasteiger partial charge on any atom is 0.160 e. The molecule has 1 aliphatic heterocycles. The van der Waals surface area contributed by atoms with Gasteiger partial charge in [0, 0.05) is 12.8 Å². The third-order valence-electron chi connectivity index (χ3n) is 3.71. The summed E-state index contributed by atoms with van der Waals surface area (Å²) in [6.07, 6.45) is 4.28. The van der Waals surface area contributed by atoms with Crippen LogP contribution in [0.25, 0.3) is 21.9 Å². The van der Waals surface area contributed by atoms with Gasteiger partial charge in [-0.2, -0.15) is 0 Å². The monoisotopic (exact) mass is 319 g/mol. The average molecular weight is 320 g/mol. The predicted octanol–water partition coefficient (Wildman–Crippen LogP) is 3.99. The van der Waals surface area contributed by atoms with E-state index in [0.717, 1.165) is 52.2 Å². The summed E-state index contributed by atoms with van der Waals surface area (Å²) in [4.78, 5) is 10.3. The molecule has 1 fully saturated rings. The van der Waals surface area contributed by atoms with Crippen molar-refractivity contribution in [3.05, 3.63) is 34.8 Å². The van der Waals surface area contributed by atoms with Crippen molar-refractivity contribution in [3.8, 4) is 10.7 Å². The minimum atomic E-state index is 0.249. The van der Waals surface area contributed by atoms with Crippen LogP contribution in [0.15, 0.2) is 30.5 Å². The molecule has 1 aliphatic rings. The molecule has 108 valence electrons. The molecule has 1 atom stereocenters. The van der Waals surface area contributed by atoms with Gasteiger partial charge in [0.1, 0.15) is 5.52 Å². The topological polar surface area (TPSA) is 39.9 Å². The van der Waals surface area contributed by atoms with Crippen molar-refractivity contribution in [3.63, 3.8) is 0 Å². The Bertz CT molecular complexity index is 776. The number of hydrogen-bond acceptors (Lipinski definition) is 4. The third-order valence-corrected chi connectivity index (χ3v) is 4.93. The van der Waals surface area contributed by atoms with Crippen molar-refractivity contribution < 1.29 is 4.74 Å². The van der Waals surface area contributed by atoms with Gasteiger partial charge in [0.2, 0.25) is 0 Å². The number of rotatable bonds is 3. The van der Waals surface area contributed by atoms with E-state index in [9.17, 15) is 0 Å². The fourth-order valence-corrected chi connectivity index (χ4v) is 3.79. The second-order valence-corrected chi connectivity index (χ2v) is 6.85. The lowest BCUT2D eigenvalue weighted by molar-refractivity contribution is 0.0981. The van der Waals surface area contributed by atoms with E-state index in [4.69, 9.17) is 21.3 Å². The molecular weight excluding hydrogens is 306 g/mol. The first kappa shape index (κ1) is 13.2. The van der Waals surface area contributed by atoms with Gasteiger partial charge < -0.3 is 9.30 Å². The number of ether oxygens (including phenoxy) is 1. The maximum absolute atomic E-state index is 6.07. The van der Waals surface area contributed by atoms with E-state index in [0.29, 0.717) is 0 Å². The molecule has 21 heavy (non-hydrogen) atoms. The second-order valence-electron chi connectivity index (χ2n) is 5.13. The Morgan fingerprint density at radius 2 is 2.33 bits per heavy atom. The average Bonchev–Trinajstić information content (AvgIpc) is 3.20. The van der Waals surface area contributed by atoms with Gasteiger partial charge in [-0.1, -0.05) is 11.6 Å². The fourth-order valence-electron chi connectivity index (χ4n) is 2.75. The van der Waals surface area contributed by atoms with Crippen molar-refractivity contribution in [2.24, 2.45) is 0 Å². The molecule has 0 aliphatic carbocycles. The SMILES string of the molecule is Clc1ccc(-c2nc3cccnc3n2CC2CCCO2)s1. The van der Waals surface area contributed by atoms with E-state index in [-0.39, 0.29) is 6.10 Å². The molecule has 0 radical (unpaired) electrons. The van der Waals surface area contributed by atoms with E-state index in [1.807, 2.05) is 24.3 Å². The van der Waals surface area contributed by atoms with Crippen LogP contribution >= 0.6 is 22.9 Å². The number of thiophene rings is 1. The molecule has 4 rings (SSSR count). The van der Waals surface area contributed by atoms with Gasteiger partial charge in [0.05, 0.1) is 21.9 Å². The van der Waals surface area contributed by atoms with Gasteiger partial charge in [-0.3, -0.25) is 0 Å². The molecule has 3 aromatic heterocycles. The quantitative estimate of drug-likeness (QED) is 0.732. The molecule has 1 unspecified atom stereocenters. The van der Waals surface area contributed by atoms with Crippen LogP contribution in [-0.2, 0) is 11.3 Å². The summed E-state index contributed by atoms with van der Waals surface area (Å²) in [5.74, 6) is 0.927. The Morgan fingerprint density at radius 3 is 3.10 bits per heavy atom. The smallest absolute Gasteiger partial charge is 0.160 e. The van der Waals surface area contributed by atoms with E-state index in [1.54, 1.807) is 17.5 Å². The standard InChI is InChI=1S/C15H14ClN3OS/c16-13-6-5-12(21-13)15-18-11-4-1-7-17-14(11)19(15)9-10-3-2-8-20-10/h1,4-7,10H,2-3,8-9H2. The molecule has 0 bridgehead atoms. The fraction of sp³-hybridized carbons (Fsp3) is 0.333. The zero-order valence-electron chi connectivity index (χ0n) is 11.3. The van der Waals surface area contributed by atoms with Gasteiger partial charge in [-0.25, -0.2) is 9.97 Å². The van der Waals surface area contributed by atoms with Crippen molar-refractivity contribution in [1.82, 2.24) is 14.5 Å². The Balaban J connectivity index is 1.84. The van der Waals surface area contributed by atoms with Gasteiger partial charge in [-0.15, -0.1) is 11.3 Å². The highest BCUT2D eigenvalue weighted by Crippen LogP contribution is 2.33. The number of imidazole rings is 1. The lowest BCUT2D eigenvalue weighted by Crippen LogP contribution is -2.15. The number of fused-ring (bicyclic) bond motifs is 1.